The van der Waals surface area contributed by atoms with Crippen LogP contribution >= 0.6 is 0 Å². The molecule has 0 amide bonds. The third-order valence-corrected chi connectivity index (χ3v) is 2.95. The number of ether oxygens (including phenoxy) is 1. The molecule has 2 rings (SSSR count). The molecule has 0 bridgehead atoms. The summed E-state index contributed by atoms with van der Waals surface area (Å²) in [6, 6.07) is 5.76. The number of nitrogens with two attached hydrogens (primary N) is 2. The van der Waals surface area contributed by atoms with Gasteiger partial charge in [0, 0.05) is 6.07 Å². The van der Waals surface area contributed by atoms with E-state index >= 15 is 0 Å². The average Bonchev–Trinajstić information content (AvgIpc) is 2.48. The maximum Gasteiger partial charge on any atom is 0.416 e. The molecular weight excluding hydrogens is 333 g/mol. The van der Waals surface area contributed by atoms with Crippen LogP contribution in [0.25, 0.3) is 0 Å². The maximum atomic E-state index is 13.1. The van der Waals surface area contributed by atoms with E-state index in [0.717, 1.165) is 30.3 Å². The smallest absolute Gasteiger partial charge is 0.416 e. The van der Waals surface area contributed by atoms with Crippen molar-refractivity contribution >= 4 is 5.96 Å². The summed E-state index contributed by atoms with van der Waals surface area (Å²) in [7, 11) is 0. The number of halogens is 5. The van der Waals surface area contributed by atoms with E-state index in [0.29, 0.717) is 0 Å². The summed E-state index contributed by atoms with van der Waals surface area (Å²) in [5.41, 5.74) is 9.08. The Morgan fingerprint density at radius 2 is 1.58 bits per heavy atom. The molecule has 0 heterocycles. The number of hydrogen-bond donors (Lipinski definition) is 2. The number of alkyl halides is 3. The fourth-order valence-electron chi connectivity index (χ4n) is 1.87. The predicted molar refractivity (Wildman–Crippen MR) is 77.4 cm³/mol. The second kappa shape index (κ2) is 6.73. The van der Waals surface area contributed by atoms with Crippen molar-refractivity contribution in [2.75, 3.05) is 0 Å². The van der Waals surface area contributed by atoms with Gasteiger partial charge in [0.25, 0.3) is 0 Å². The van der Waals surface area contributed by atoms with E-state index in [-0.39, 0.29) is 29.6 Å². The van der Waals surface area contributed by atoms with Crippen LogP contribution in [0.3, 0.4) is 0 Å². The molecule has 0 saturated heterocycles. The SMILES string of the molecule is NC(N)=NCc1ccc(Oc2ccc(F)c(F)c2)cc1C(F)(F)F. The molecule has 9 heteroatoms. The lowest BCUT2D eigenvalue weighted by atomic mass is 10.1. The van der Waals surface area contributed by atoms with Crippen molar-refractivity contribution in [2.24, 2.45) is 16.5 Å². The highest BCUT2D eigenvalue weighted by Crippen LogP contribution is 2.36. The van der Waals surface area contributed by atoms with Crippen molar-refractivity contribution < 1.29 is 26.7 Å². The Hall–Kier alpha value is -2.84. The van der Waals surface area contributed by atoms with Crippen LogP contribution in [-0.2, 0) is 12.7 Å². The molecule has 2 aromatic carbocycles. The van der Waals surface area contributed by atoms with Crippen LogP contribution in [0.5, 0.6) is 11.5 Å². The molecular formula is C15H12F5N3O. The van der Waals surface area contributed by atoms with Gasteiger partial charge in [-0.3, -0.25) is 0 Å². The van der Waals surface area contributed by atoms with Crippen molar-refractivity contribution in [1.29, 1.82) is 0 Å². The molecule has 2 aromatic rings. The molecule has 0 saturated carbocycles. The monoisotopic (exact) mass is 345 g/mol. The molecule has 0 aliphatic rings. The topological polar surface area (TPSA) is 73.6 Å². The third-order valence-electron chi connectivity index (χ3n) is 2.95. The lowest BCUT2D eigenvalue weighted by Crippen LogP contribution is -2.23. The summed E-state index contributed by atoms with van der Waals surface area (Å²) in [5, 5.41) is 0. The molecule has 0 spiro atoms. The van der Waals surface area contributed by atoms with Gasteiger partial charge in [0.15, 0.2) is 17.6 Å². The Balaban J connectivity index is 2.35. The fraction of sp³-hybridized carbons (Fsp3) is 0.133. The average molecular weight is 345 g/mol. The minimum atomic E-state index is -4.67. The summed E-state index contributed by atoms with van der Waals surface area (Å²) >= 11 is 0. The largest absolute Gasteiger partial charge is 0.457 e. The van der Waals surface area contributed by atoms with E-state index in [9.17, 15) is 22.0 Å². The Bertz CT molecular complexity index is 770. The number of aliphatic imine (C=N–C) groups is 1. The molecule has 0 aromatic heterocycles. The first kappa shape index (κ1) is 17.5. The summed E-state index contributed by atoms with van der Waals surface area (Å²) in [5.74, 6) is -2.94. The predicted octanol–water partition coefficient (Wildman–Crippen LogP) is 3.55. The van der Waals surface area contributed by atoms with Gasteiger partial charge in [-0.1, -0.05) is 6.07 Å². The van der Waals surface area contributed by atoms with Crippen LogP contribution in [0.15, 0.2) is 41.4 Å². The summed E-state index contributed by atoms with van der Waals surface area (Å²) < 4.78 is 70.5. The number of nitrogens with zero attached hydrogens (tertiary/aromatic N) is 1. The molecule has 24 heavy (non-hydrogen) atoms. The zero-order chi connectivity index (χ0) is 17.9. The maximum absolute atomic E-state index is 13.1. The summed E-state index contributed by atoms with van der Waals surface area (Å²) in [4.78, 5) is 3.54. The highest BCUT2D eigenvalue weighted by atomic mass is 19.4. The van der Waals surface area contributed by atoms with Crippen LogP contribution in [0.1, 0.15) is 11.1 Å². The quantitative estimate of drug-likeness (QED) is 0.506. The number of benzene rings is 2. The van der Waals surface area contributed by atoms with E-state index in [4.69, 9.17) is 16.2 Å². The van der Waals surface area contributed by atoms with Crippen LogP contribution < -0.4 is 16.2 Å². The standard InChI is InChI=1S/C15H12F5N3O/c16-12-4-3-10(6-13(12)17)24-9-2-1-8(7-23-14(21)22)11(5-9)15(18,19)20/h1-6H,7H2,(H4,21,22,23). The minimum absolute atomic E-state index is 0.140. The zero-order valence-corrected chi connectivity index (χ0v) is 12.1. The van der Waals surface area contributed by atoms with Crippen LogP contribution in [0.4, 0.5) is 22.0 Å². The molecule has 128 valence electrons. The molecule has 0 radical (unpaired) electrons. The Morgan fingerprint density at radius 1 is 0.958 bits per heavy atom. The summed E-state index contributed by atoms with van der Waals surface area (Å²) in [6.07, 6.45) is -4.67. The normalized spacial score (nSPS) is 11.2. The van der Waals surface area contributed by atoms with E-state index in [1.807, 2.05) is 0 Å². The van der Waals surface area contributed by atoms with E-state index in [1.165, 1.54) is 6.07 Å². The van der Waals surface area contributed by atoms with Gasteiger partial charge >= 0.3 is 6.18 Å². The van der Waals surface area contributed by atoms with Gasteiger partial charge in [-0.15, -0.1) is 0 Å². The lowest BCUT2D eigenvalue weighted by molar-refractivity contribution is -0.138. The molecule has 0 aliphatic heterocycles. The van der Waals surface area contributed by atoms with Crippen LogP contribution in [0.2, 0.25) is 0 Å². The number of rotatable bonds is 4. The van der Waals surface area contributed by atoms with Gasteiger partial charge in [-0.05, 0) is 29.8 Å². The van der Waals surface area contributed by atoms with Gasteiger partial charge in [-0.25, -0.2) is 13.8 Å². The highest BCUT2D eigenvalue weighted by molar-refractivity contribution is 5.75. The minimum Gasteiger partial charge on any atom is -0.457 e. The van der Waals surface area contributed by atoms with Gasteiger partial charge in [0.1, 0.15) is 11.5 Å². The Morgan fingerprint density at radius 3 is 2.17 bits per heavy atom. The van der Waals surface area contributed by atoms with Gasteiger partial charge < -0.3 is 16.2 Å². The van der Waals surface area contributed by atoms with Crippen molar-refractivity contribution in [2.45, 2.75) is 12.7 Å². The second-order valence-electron chi connectivity index (χ2n) is 4.74. The number of hydrogen-bond acceptors (Lipinski definition) is 2. The Kier molecular flexibility index (Phi) is 4.91. The van der Waals surface area contributed by atoms with E-state index < -0.39 is 23.4 Å². The van der Waals surface area contributed by atoms with Gasteiger partial charge in [-0.2, -0.15) is 13.2 Å². The molecule has 0 fully saturated rings. The third kappa shape index (κ3) is 4.34. The lowest BCUT2D eigenvalue weighted by Gasteiger charge is -2.14. The van der Waals surface area contributed by atoms with Crippen molar-refractivity contribution in [3.8, 4) is 11.5 Å². The second-order valence-corrected chi connectivity index (χ2v) is 4.74. The Labute approximate surface area is 133 Å². The highest BCUT2D eigenvalue weighted by Gasteiger charge is 2.33. The van der Waals surface area contributed by atoms with Crippen molar-refractivity contribution in [3.63, 3.8) is 0 Å². The molecule has 4 N–H and O–H groups in total. The zero-order valence-electron chi connectivity index (χ0n) is 12.1. The van der Waals surface area contributed by atoms with Crippen molar-refractivity contribution in [1.82, 2.24) is 0 Å². The fourth-order valence-corrected chi connectivity index (χ4v) is 1.87. The first-order valence-corrected chi connectivity index (χ1v) is 6.55. The summed E-state index contributed by atoms with van der Waals surface area (Å²) in [6.45, 7) is -0.358. The molecule has 0 atom stereocenters. The van der Waals surface area contributed by atoms with Crippen LogP contribution in [0, 0.1) is 11.6 Å². The first-order valence-electron chi connectivity index (χ1n) is 6.55. The van der Waals surface area contributed by atoms with E-state index in [2.05, 4.69) is 4.99 Å². The molecule has 0 aliphatic carbocycles. The van der Waals surface area contributed by atoms with Crippen LogP contribution in [-0.4, -0.2) is 5.96 Å². The number of guanidine groups is 1. The van der Waals surface area contributed by atoms with Gasteiger partial charge in [0.2, 0.25) is 0 Å². The van der Waals surface area contributed by atoms with Crippen molar-refractivity contribution in [3.05, 3.63) is 59.2 Å². The molecule has 4 nitrogen and oxygen atoms in total. The molecule has 0 unspecified atom stereocenters. The first-order chi connectivity index (χ1) is 11.2. The van der Waals surface area contributed by atoms with E-state index in [1.54, 1.807) is 0 Å². The van der Waals surface area contributed by atoms with Gasteiger partial charge in [0.05, 0.1) is 12.1 Å².